The number of fused-ring (bicyclic) bond motifs is 1. The second-order valence-corrected chi connectivity index (χ2v) is 5.98. The SMILES string of the molecule is O=C(c1cccc(F)c1)N1CCN(c2ccc3[nH]c(=O)oc3c2)CC1. The van der Waals surface area contributed by atoms with Crippen molar-refractivity contribution in [3.05, 3.63) is 64.4 Å². The molecule has 128 valence electrons. The van der Waals surface area contributed by atoms with Crippen LogP contribution >= 0.6 is 0 Å². The number of benzene rings is 2. The third kappa shape index (κ3) is 3.00. The van der Waals surface area contributed by atoms with Gasteiger partial charge in [0.25, 0.3) is 5.91 Å². The second-order valence-electron chi connectivity index (χ2n) is 5.98. The Labute approximate surface area is 142 Å². The van der Waals surface area contributed by atoms with E-state index in [-0.39, 0.29) is 5.91 Å². The minimum absolute atomic E-state index is 0.161. The third-order valence-corrected chi connectivity index (χ3v) is 4.41. The summed E-state index contributed by atoms with van der Waals surface area (Å²) in [6, 6.07) is 11.3. The summed E-state index contributed by atoms with van der Waals surface area (Å²) in [6.45, 7) is 2.40. The number of piperazine rings is 1. The molecule has 1 saturated heterocycles. The first kappa shape index (κ1) is 15.4. The lowest BCUT2D eigenvalue weighted by molar-refractivity contribution is 0.0746. The van der Waals surface area contributed by atoms with E-state index in [4.69, 9.17) is 4.42 Å². The fraction of sp³-hybridized carbons (Fsp3) is 0.222. The molecule has 0 aliphatic carbocycles. The number of aromatic nitrogens is 1. The molecule has 6 nitrogen and oxygen atoms in total. The summed E-state index contributed by atoms with van der Waals surface area (Å²) in [5.41, 5.74) is 2.48. The first-order valence-electron chi connectivity index (χ1n) is 8.03. The van der Waals surface area contributed by atoms with Gasteiger partial charge in [-0.2, -0.15) is 0 Å². The van der Waals surface area contributed by atoms with Crippen molar-refractivity contribution in [3.63, 3.8) is 0 Å². The molecule has 4 rings (SSSR count). The van der Waals surface area contributed by atoms with Crippen molar-refractivity contribution in [2.45, 2.75) is 0 Å². The van der Waals surface area contributed by atoms with E-state index < -0.39 is 11.6 Å². The summed E-state index contributed by atoms with van der Waals surface area (Å²) in [7, 11) is 0. The minimum atomic E-state index is -0.474. The summed E-state index contributed by atoms with van der Waals surface area (Å²) in [5.74, 6) is -1.05. The van der Waals surface area contributed by atoms with E-state index in [1.807, 2.05) is 12.1 Å². The molecular formula is C18H16FN3O3. The predicted octanol–water partition coefficient (Wildman–Crippen LogP) is 2.22. The maximum absolute atomic E-state index is 13.3. The number of oxazole rings is 1. The lowest BCUT2D eigenvalue weighted by Gasteiger charge is -2.36. The van der Waals surface area contributed by atoms with Crippen LogP contribution in [0.3, 0.4) is 0 Å². The highest BCUT2D eigenvalue weighted by Crippen LogP contribution is 2.22. The summed E-state index contributed by atoms with van der Waals surface area (Å²) in [5, 5.41) is 0. The van der Waals surface area contributed by atoms with Gasteiger partial charge in [-0.05, 0) is 30.3 Å². The molecule has 2 heterocycles. The highest BCUT2D eigenvalue weighted by molar-refractivity contribution is 5.94. The number of carbonyl (C=O) groups is 1. The number of halogens is 1. The Kier molecular flexibility index (Phi) is 3.76. The standard InChI is InChI=1S/C18H16FN3O3/c19-13-3-1-2-12(10-13)17(23)22-8-6-21(7-9-22)14-4-5-15-16(11-14)25-18(24)20-15/h1-5,10-11H,6-9H2,(H,20,24). The molecular weight excluding hydrogens is 325 g/mol. The van der Waals surface area contributed by atoms with E-state index in [0.717, 1.165) is 5.69 Å². The Morgan fingerprint density at radius 3 is 2.64 bits per heavy atom. The topological polar surface area (TPSA) is 69.6 Å². The molecule has 7 heteroatoms. The zero-order valence-corrected chi connectivity index (χ0v) is 13.4. The molecule has 0 spiro atoms. The van der Waals surface area contributed by atoms with Gasteiger partial charge in [-0.25, -0.2) is 9.18 Å². The summed E-state index contributed by atoms with van der Waals surface area (Å²) >= 11 is 0. The zero-order valence-electron chi connectivity index (χ0n) is 13.4. The number of amides is 1. The molecule has 25 heavy (non-hydrogen) atoms. The fourth-order valence-corrected chi connectivity index (χ4v) is 3.10. The van der Waals surface area contributed by atoms with Crippen molar-refractivity contribution >= 4 is 22.7 Å². The Hall–Kier alpha value is -3.09. The second kappa shape index (κ2) is 6.08. The number of hydrogen-bond donors (Lipinski definition) is 1. The maximum Gasteiger partial charge on any atom is 0.417 e. The van der Waals surface area contributed by atoms with E-state index in [2.05, 4.69) is 9.88 Å². The van der Waals surface area contributed by atoms with E-state index in [9.17, 15) is 14.0 Å². The van der Waals surface area contributed by atoms with Crippen LogP contribution < -0.4 is 10.7 Å². The molecule has 0 bridgehead atoms. The number of hydrogen-bond acceptors (Lipinski definition) is 4. The summed E-state index contributed by atoms with van der Waals surface area (Å²) < 4.78 is 18.4. The average Bonchev–Trinajstić information content (AvgIpc) is 3.00. The van der Waals surface area contributed by atoms with E-state index in [1.54, 1.807) is 23.1 Å². The molecule has 0 radical (unpaired) electrons. The molecule has 1 aliphatic heterocycles. The zero-order chi connectivity index (χ0) is 17.4. The summed E-state index contributed by atoms with van der Waals surface area (Å²) in [6.07, 6.45) is 0. The molecule has 1 aromatic heterocycles. The molecule has 3 aromatic rings. The number of nitrogens with zero attached hydrogens (tertiary/aromatic N) is 2. The Morgan fingerprint density at radius 1 is 1.08 bits per heavy atom. The molecule has 1 aliphatic rings. The summed E-state index contributed by atoms with van der Waals surface area (Å²) in [4.78, 5) is 30.2. The Morgan fingerprint density at radius 2 is 1.88 bits per heavy atom. The number of nitrogens with one attached hydrogen (secondary N) is 1. The van der Waals surface area contributed by atoms with Gasteiger partial charge in [0.15, 0.2) is 5.58 Å². The van der Waals surface area contributed by atoms with Gasteiger partial charge in [-0.15, -0.1) is 0 Å². The van der Waals surface area contributed by atoms with Gasteiger partial charge >= 0.3 is 5.76 Å². The predicted molar refractivity (Wildman–Crippen MR) is 91.4 cm³/mol. The minimum Gasteiger partial charge on any atom is -0.408 e. The van der Waals surface area contributed by atoms with Crippen LogP contribution in [-0.2, 0) is 0 Å². The van der Waals surface area contributed by atoms with Crippen LogP contribution in [0.4, 0.5) is 10.1 Å². The van der Waals surface area contributed by atoms with Crippen LogP contribution in [0.25, 0.3) is 11.1 Å². The van der Waals surface area contributed by atoms with Gasteiger partial charge in [0, 0.05) is 43.5 Å². The quantitative estimate of drug-likeness (QED) is 0.776. The van der Waals surface area contributed by atoms with Crippen LogP contribution in [0, 0.1) is 5.82 Å². The highest BCUT2D eigenvalue weighted by Gasteiger charge is 2.23. The van der Waals surface area contributed by atoms with Crippen molar-refractivity contribution in [2.24, 2.45) is 0 Å². The van der Waals surface area contributed by atoms with Crippen molar-refractivity contribution in [3.8, 4) is 0 Å². The van der Waals surface area contributed by atoms with Crippen LogP contribution in [0.5, 0.6) is 0 Å². The average molecular weight is 341 g/mol. The fourth-order valence-electron chi connectivity index (χ4n) is 3.10. The first-order chi connectivity index (χ1) is 12.1. The van der Waals surface area contributed by atoms with Gasteiger partial charge in [0.1, 0.15) is 5.82 Å². The van der Waals surface area contributed by atoms with E-state index in [1.165, 1.54) is 12.1 Å². The van der Waals surface area contributed by atoms with Gasteiger partial charge in [0.2, 0.25) is 0 Å². The lowest BCUT2D eigenvalue weighted by Crippen LogP contribution is -2.48. The number of H-pyrrole nitrogens is 1. The normalized spacial score (nSPS) is 14.9. The van der Waals surface area contributed by atoms with Crippen molar-refractivity contribution < 1.29 is 13.6 Å². The van der Waals surface area contributed by atoms with Crippen molar-refractivity contribution in [1.82, 2.24) is 9.88 Å². The number of carbonyl (C=O) groups excluding carboxylic acids is 1. The van der Waals surface area contributed by atoms with Gasteiger partial charge in [0.05, 0.1) is 5.52 Å². The Balaban J connectivity index is 1.46. The molecule has 1 fully saturated rings. The van der Waals surface area contributed by atoms with E-state index >= 15 is 0 Å². The van der Waals surface area contributed by atoms with Gasteiger partial charge < -0.3 is 14.2 Å². The van der Waals surface area contributed by atoms with Crippen LogP contribution in [-0.4, -0.2) is 42.0 Å². The van der Waals surface area contributed by atoms with Crippen LogP contribution in [0.1, 0.15) is 10.4 Å². The molecule has 0 atom stereocenters. The molecule has 1 amide bonds. The van der Waals surface area contributed by atoms with Crippen molar-refractivity contribution in [2.75, 3.05) is 31.1 Å². The maximum atomic E-state index is 13.3. The van der Waals surface area contributed by atoms with Crippen LogP contribution in [0.15, 0.2) is 51.7 Å². The lowest BCUT2D eigenvalue weighted by atomic mass is 10.1. The molecule has 2 aromatic carbocycles. The van der Waals surface area contributed by atoms with Crippen molar-refractivity contribution in [1.29, 1.82) is 0 Å². The molecule has 1 N–H and O–H groups in total. The van der Waals surface area contributed by atoms with E-state index in [0.29, 0.717) is 42.8 Å². The van der Waals surface area contributed by atoms with Crippen LogP contribution in [0.2, 0.25) is 0 Å². The first-order valence-corrected chi connectivity index (χ1v) is 8.03. The third-order valence-electron chi connectivity index (χ3n) is 4.41. The number of anilines is 1. The molecule has 0 saturated carbocycles. The largest absolute Gasteiger partial charge is 0.417 e. The van der Waals surface area contributed by atoms with Gasteiger partial charge in [-0.3, -0.25) is 9.78 Å². The smallest absolute Gasteiger partial charge is 0.408 e. The highest BCUT2D eigenvalue weighted by atomic mass is 19.1. The molecule has 0 unspecified atom stereocenters. The van der Waals surface area contributed by atoms with Gasteiger partial charge in [-0.1, -0.05) is 6.07 Å². The Bertz CT molecular complexity index is 986. The number of rotatable bonds is 2. The number of aromatic amines is 1. The monoisotopic (exact) mass is 341 g/mol.